The molecule has 1 aliphatic rings. The molecule has 242 valence electrons. The third kappa shape index (κ3) is 13.5. The zero-order valence-electron chi connectivity index (χ0n) is 28.8. The fourth-order valence-electron chi connectivity index (χ4n) is 5.03. The first-order chi connectivity index (χ1) is 20.0. The Bertz CT molecular complexity index is 1080. The molecule has 0 saturated carbocycles. The molecule has 43 heavy (non-hydrogen) atoms. The highest BCUT2D eigenvalue weighted by atomic mass is 16.5. The van der Waals surface area contributed by atoms with E-state index in [4.69, 9.17) is 9.47 Å². The first-order valence-corrected chi connectivity index (χ1v) is 16.2. The van der Waals surface area contributed by atoms with Gasteiger partial charge in [0.05, 0.1) is 6.61 Å². The minimum Gasteiger partial charge on any atom is -0.478 e. The summed E-state index contributed by atoms with van der Waals surface area (Å²) in [6.45, 7) is 30.0. The predicted molar refractivity (Wildman–Crippen MR) is 178 cm³/mol. The van der Waals surface area contributed by atoms with E-state index < -0.39 is 0 Å². The Hall–Kier alpha value is -2.26. The van der Waals surface area contributed by atoms with Crippen molar-refractivity contribution in [2.45, 2.75) is 124 Å². The highest BCUT2D eigenvalue weighted by molar-refractivity contribution is 5.19. The van der Waals surface area contributed by atoms with Gasteiger partial charge in [-0.2, -0.15) is 0 Å². The minimum atomic E-state index is -0.321. The van der Waals surface area contributed by atoms with E-state index in [0.29, 0.717) is 18.4 Å². The largest absolute Gasteiger partial charge is 0.478 e. The summed E-state index contributed by atoms with van der Waals surface area (Å²) in [7, 11) is 0. The lowest BCUT2D eigenvalue weighted by molar-refractivity contribution is 0.0600. The molecule has 0 unspecified atom stereocenters. The van der Waals surface area contributed by atoms with Crippen molar-refractivity contribution in [3.05, 3.63) is 47.8 Å². The quantitative estimate of drug-likeness (QED) is 0.241. The zero-order chi connectivity index (χ0) is 31.7. The molecule has 0 amide bonds. The second-order valence-electron chi connectivity index (χ2n) is 15.4. The third-order valence-corrected chi connectivity index (χ3v) is 8.11. The predicted octanol–water partition coefficient (Wildman–Crippen LogP) is 6.06. The molecule has 3 heterocycles. The van der Waals surface area contributed by atoms with E-state index in [0.717, 1.165) is 76.2 Å². The molecule has 0 atom stereocenters. The van der Waals surface area contributed by atoms with Crippen LogP contribution in [0.4, 0.5) is 0 Å². The fraction of sp³-hybridized carbons (Fsp3) is 0.714. The van der Waals surface area contributed by atoms with Crippen molar-refractivity contribution in [2.24, 2.45) is 0 Å². The summed E-state index contributed by atoms with van der Waals surface area (Å²) >= 11 is 0. The summed E-state index contributed by atoms with van der Waals surface area (Å²) in [5, 5.41) is 7.19. The lowest BCUT2D eigenvalue weighted by atomic mass is 9.91. The molecule has 0 radical (unpaired) electrons. The molecular formula is C35H60N6O2. The van der Waals surface area contributed by atoms with Gasteiger partial charge in [-0.25, -0.2) is 9.97 Å². The maximum Gasteiger partial charge on any atom is 0.213 e. The third-order valence-electron chi connectivity index (χ3n) is 8.11. The number of pyridine rings is 2. The van der Waals surface area contributed by atoms with Crippen LogP contribution in [0.3, 0.4) is 0 Å². The molecule has 0 spiro atoms. The molecule has 3 rings (SSSR count). The van der Waals surface area contributed by atoms with E-state index in [1.54, 1.807) is 0 Å². The van der Waals surface area contributed by atoms with Crippen LogP contribution in [-0.4, -0.2) is 81.3 Å². The van der Waals surface area contributed by atoms with Gasteiger partial charge >= 0.3 is 0 Å². The lowest BCUT2D eigenvalue weighted by Crippen LogP contribution is -2.53. The van der Waals surface area contributed by atoms with Crippen LogP contribution in [0.25, 0.3) is 0 Å². The Balaban J connectivity index is 1.33. The van der Waals surface area contributed by atoms with Crippen molar-refractivity contribution in [3.8, 4) is 11.8 Å². The van der Waals surface area contributed by atoms with Gasteiger partial charge in [0.15, 0.2) is 0 Å². The van der Waals surface area contributed by atoms with E-state index >= 15 is 0 Å². The molecular weight excluding hydrogens is 536 g/mol. The highest BCUT2D eigenvalue weighted by Gasteiger charge is 2.27. The number of hydrogen-bond donors (Lipinski definition) is 2. The second-order valence-corrected chi connectivity index (χ2v) is 15.4. The fourth-order valence-corrected chi connectivity index (χ4v) is 5.03. The Morgan fingerprint density at radius 2 is 1.30 bits per heavy atom. The van der Waals surface area contributed by atoms with Gasteiger partial charge in [-0.3, -0.25) is 4.90 Å². The van der Waals surface area contributed by atoms with E-state index in [9.17, 15) is 0 Å². The molecule has 1 fully saturated rings. The van der Waals surface area contributed by atoms with Gasteiger partial charge in [0.2, 0.25) is 11.8 Å². The van der Waals surface area contributed by atoms with Crippen LogP contribution in [0.1, 0.15) is 99.6 Å². The van der Waals surface area contributed by atoms with Crippen LogP contribution in [0, 0.1) is 0 Å². The van der Waals surface area contributed by atoms with Crippen LogP contribution < -0.4 is 20.1 Å². The number of nitrogens with one attached hydrogen (secondary N) is 2. The molecule has 8 heteroatoms. The average Bonchev–Trinajstić information content (AvgIpc) is 2.93. The molecule has 1 saturated heterocycles. The standard InChI is InChI=1S/C35H60N6O2/c1-32(2,3)38-26-28-13-15-31(37-25-28)43-35(9,10)17-16-34(7,8)39-27-29-12-14-30(36-24-29)42-23-11-18-40-19-21-41(22-20-40)33(4,5)6/h12-15,24-25,38-39H,11,16-23,26-27H2,1-10H3. The summed E-state index contributed by atoms with van der Waals surface area (Å²) in [5.41, 5.74) is 2.27. The van der Waals surface area contributed by atoms with E-state index in [1.165, 1.54) is 0 Å². The molecule has 0 aliphatic carbocycles. The smallest absolute Gasteiger partial charge is 0.213 e. The number of piperazine rings is 1. The highest BCUT2D eigenvalue weighted by Crippen LogP contribution is 2.25. The minimum absolute atomic E-state index is 0.0515. The Morgan fingerprint density at radius 3 is 1.84 bits per heavy atom. The number of nitrogens with zero attached hydrogens (tertiary/aromatic N) is 4. The van der Waals surface area contributed by atoms with Gasteiger partial charge in [0, 0.05) is 87.0 Å². The molecule has 8 nitrogen and oxygen atoms in total. The average molecular weight is 597 g/mol. The zero-order valence-corrected chi connectivity index (χ0v) is 28.8. The lowest BCUT2D eigenvalue weighted by Gasteiger charge is -2.42. The van der Waals surface area contributed by atoms with Crippen LogP contribution in [-0.2, 0) is 13.1 Å². The van der Waals surface area contributed by atoms with Crippen LogP contribution in [0.5, 0.6) is 11.8 Å². The summed E-state index contributed by atoms with van der Waals surface area (Å²) in [4.78, 5) is 14.2. The van der Waals surface area contributed by atoms with Crippen LogP contribution >= 0.6 is 0 Å². The van der Waals surface area contributed by atoms with Crippen molar-refractivity contribution in [3.63, 3.8) is 0 Å². The maximum atomic E-state index is 6.28. The first-order valence-electron chi connectivity index (χ1n) is 16.2. The molecule has 1 aliphatic heterocycles. The number of hydrogen-bond acceptors (Lipinski definition) is 8. The maximum absolute atomic E-state index is 6.28. The Labute approximate surface area is 262 Å². The van der Waals surface area contributed by atoms with Gasteiger partial charge in [0.1, 0.15) is 5.60 Å². The number of ether oxygens (including phenoxy) is 2. The van der Waals surface area contributed by atoms with Gasteiger partial charge in [-0.1, -0.05) is 12.1 Å². The van der Waals surface area contributed by atoms with E-state index in [-0.39, 0.29) is 22.2 Å². The Morgan fingerprint density at radius 1 is 0.721 bits per heavy atom. The van der Waals surface area contributed by atoms with E-state index in [1.807, 2.05) is 24.5 Å². The van der Waals surface area contributed by atoms with Gasteiger partial charge in [-0.15, -0.1) is 0 Å². The number of rotatable bonds is 15. The molecule has 0 bridgehead atoms. The van der Waals surface area contributed by atoms with Crippen molar-refractivity contribution in [1.82, 2.24) is 30.4 Å². The molecule has 0 aromatic carbocycles. The van der Waals surface area contributed by atoms with E-state index in [2.05, 4.69) is 112 Å². The summed E-state index contributed by atoms with van der Waals surface area (Å²) in [5.74, 6) is 1.37. The van der Waals surface area contributed by atoms with Crippen molar-refractivity contribution < 1.29 is 9.47 Å². The van der Waals surface area contributed by atoms with Gasteiger partial charge in [-0.05, 0) is 99.6 Å². The second kappa shape index (κ2) is 15.2. The van der Waals surface area contributed by atoms with Crippen molar-refractivity contribution in [1.29, 1.82) is 0 Å². The summed E-state index contributed by atoms with van der Waals surface area (Å²) < 4.78 is 12.2. The molecule has 2 aromatic heterocycles. The summed E-state index contributed by atoms with van der Waals surface area (Å²) in [6, 6.07) is 8.15. The van der Waals surface area contributed by atoms with Gasteiger partial charge in [0.25, 0.3) is 0 Å². The molecule has 2 N–H and O–H groups in total. The monoisotopic (exact) mass is 596 g/mol. The van der Waals surface area contributed by atoms with Gasteiger partial charge < -0.3 is 25.0 Å². The van der Waals surface area contributed by atoms with Crippen molar-refractivity contribution >= 4 is 0 Å². The Kier molecular flexibility index (Phi) is 12.4. The molecule has 2 aromatic rings. The number of aromatic nitrogens is 2. The van der Waals surface area contributed by atoms with Crippen molar-refractivity contribution in [2.75, 3.05) is 39.3 Å². The SMILES string of the molecule is CC(C)(C)NCc1ccc(OC(C)(C)CCC(C)(C)NCc2ccc(OCCCN3CCN(C(C)(C)C)CC3)nc2)nc1. The van der Waals surface area contributed by atoms with Crippen LogP contribution in [0.15, 0.2) is 36.7 Å². The summed E-state index contributed by atoms with van der Waals surface area (Å²) in [6.07, 6.45) is 6.71. The van der Waals surface area contributed by atoms with Crippen LogP contribution in [0.2, 0.25) is 0 Å². The normalized spacial score (nSPS) is 16.0. The first kappa shape index (κ1) is 35.2. The topological polar surface area (TPSA) is 74.8 Å².